The van der Waals surface area contributed by atoms with Gasteiger partial charge in [0, 0.05) is 86.4 Å². The molecule has 1 heterocycles. The molecule has 1 saturated heterocycles. The fourth-order valence-corrected chi connectivity index (χ4v) is 3.68. The second-order valence-corrected chi connectivity index (χ2v) is 8.28. The van der Waals surface area contributed by atoms with Gasteiger partial charge in [-0.1, -0.05) is 68.1 Å². The van der Waals surface area contributed by atoms with E-state index < -0.39 is 6.17 Å². The summed E-state index contributed by atoms with van der Waals surface area (Å²) in [7, 11) is 2.14. The number of hydrazine groups is 1. The van der Waals surface area contributed by atoms with Crippen LogP contribution in [-0.4, -0.2) is 54.1 Å². The number of likely N-dealkylation sites (tertiary alicyclic amines) is 1. The summed E-state index contributed by atoms with van der Waals surface area (Å²) in [6, 6.07) is 15.9. The van der Waals surface area contributed by atoms with Crippen LogP contribution in [0.15, 0.2) is 85.9 Å². The summed E-state index contributed by atoms with van der Waals surface area (Å²) in [4.78, 5) is 2.34. The van der Waals surface area contributed by atoms with Gasteiger partial charge in [-0.3, -0.25) is 10.7 Å². The Morgan fingerprint density at radius 1 is 1.16 bits per heavy atom. The van der Waals surface area contributed by atoms with Gasteiger partial charge in [0.15, 0.2) is 0 Å². The van der Waals surface area contributed by atoms with Crippen molar-refractivity contribution in [2.24, 2.45) is 23.0 Å². The van der Waals surface area contributed by atoms with E-state index in [4.69, 9.17) is 28.8 Å². The number of rotatable bonds is 8. The largest absolute Gasteiger partial charge is 0.699 e. The zero-order chi connectivity index (χ0) is 26.2. The minimum Gasteiger partial charge on any atom is -0.699 e. The number of benzene rings is 2. The van der Waals surface area contributed by atoms with E-state index in [0.717, 1.165) is 41.8 Å². The van der Waals surface area contributed by atoms with Gasteiger partial charge in [-0.15, -0.1) is 12.3 Å². The summed E-state index contributed by atoms with van der Waals surface area (Å²) < 4.78 is 0. The Hall–Kier alpha value is -1.20. The minimum absolute atomic E-state index is 0. The van der Waals surface area contributed by atoms with Crippen LogP contribution in [0.5, 0.6) is 0 Å². The molecule has 0 aromatic heterocycles. The first kappa shape index (κ1) is 38.0. The Morgan fingerprint density at radius 3 is 2.16 bits per heavy atom. The molecule has 2 atom stereocenters. The summed E-state index contributed by atoms with van der Waals surface area (Å²) in [6.07, 6.45) is 7.54. The van der Waals surface area contributed by atoms with E-state index in [1.54, 1.807) is 6.07 Å². The van der Waals surface area contributed by atoms with Crippen LogP contribution in [0.3, 0.4) is 0 Å². The van der Waals surface area contributed by atoms with Crippen LogP contribution >= 0.6 is 0 Å². The zero-order valence-corrected chi connectivity index (χ0v) is 27.5. The number of hydrogen-bond acceptors (Lipinski definition) is 7. The van der Waals surface area contributed by atoms with Crippen molar-refractivity contribution in [2.45, 2.75) is 44.4 Å². The Bertz CT molecular complexity index is 921. The third-order valence-electron chi connectivity index (χ3n) is 5.61. The van der Waals surface area contributed by atoms with Crippen LogP contribution in [0.1, 0.15) is 55.1 Å². The van der Waals surface area contributed by atoms with Gasteiger partial charge in [-0.2, -0.15) is 0 Å². The zero-order valence-electron chi connectivity index (χ0n) is 22.7. The minimum atomic E-state index is -0.478. The van der Waals surface area contributed by atoms with Crippen molar-refractivity contribution in [1.29, 1.82) is 0 Å². The molecule has 11 N–H and O–H groups in total. The summed E-state index contributed by atoms with van der Waals surface area (Å²) in [5.41, 5.74) is 31.1. The molecule has 0 bridgehead atoms. The summed E-state index contributed by atoms with van der Waals surface area (Å²) in [6.45, 7) is 10.9. The van der Waals surface area contributed by atoms with Crippen LogP contribution in [-0.2, 0) is 32.7 Å². The molecule has 2 radical (unpaired) electrons. The van der Waals surface area contributed by atoms with Gasteiger partial charge in [0.25, 0.3) is 0 Å². The Kier molecular flexibility index (Phi) is 22.3. The van der Waals surface area contributed by atoms with E-state index in [0.29, 0.717) is 11.7 Å². The van der Waals surface area contributed by atoms with E-state index in [1.807, 2.05) is 48.5 Å². The molecule has 1 aliphatic rings. The molecule has 196 valence electrons. The molecule has 2 aromatic carbocycles. The average molecular weight is 592 g/mol. The van der Waals surface area contributed by atoms with Crippen molar-refractivity contribution in [2.75, 3.05) is 13.6 Å². The molecule has 8 nitrogen and oxygen atoms in total. The molecule has 1 fully saturated rings. The SMILES string of the molecule is C=C(N[C@H](c1ccc(C(N)N)cc1)c1cccc([NH-])c1)C1CCCN1C.C=CCC.N/C=C\NN.[Na].[Y]. The molecular weight excluding hydrogens is 548 g/mol. The van der Waals surface area contributed by atoms with E-state index in [2.05, 4.69) is 42.8 Å². The average Bonchev–Trinajstić information content (AvgIpc) is 3.29. The van der Waals surface area contributed by atoms with Crippen LogP contribution in [0, 0.1) is 0 Å². The first-order valence-electron chi connectivity index (χ1n) is 11.8. The van der Waals surface area contributed by atoms with Gasteiger partial charge in [-0.25, -0.2) is 0 Å². The summed E-state index contributed by atoms with van der Waals surface area (Å²) in [5.74, 6) is 4.72. The maximum Gasteiger partial charge on any atom is 0.0784 e. The number of hydrogen-bond donors (Lipinski definition) is 6. The smallest absolute Gasteiger partial charge is 0.0784 e. The molecule has 0 amide bonds. The molecule has 0 aliphatic carbocycles. The summed E-state index contributed by atoms with van der Waals surface area (Å²) in [5, 5.41) is 3.62. The van der Waals surface area contributed by atoms with Gasteiger partial charge < -0.3 is 33.7 Å². The summed E-state index contributed by atoms with van der Waals surface area (Å²) >= 11 is 0. The molecule has 37 heavy (non-hydrogen) atoms. The molecule has 3 rings (SSSR count). The van der Waals surface area contributed by atoms with E-state index in [9.17, 15) is 0 Å². The molecule has 10 heteroatoms. The van der Waals surface area contributed by atoms with Crippen LogP contribution < -0.4 is 33.8 Å². The first-order chi connectivity index (χ1) is 16.8. The van der Waals surface area contributed by atoms with E-state index in [1.165, 1.54) is 18.8 Å². The molecule has 0 saturated carbocycles. The van der Waals surface area contributed by atoms with Crippen LogP contribution in [0.25, 0.3) is 5.73 Å². The van der Waals surface area contributed by atoms with Crippen molar-refractivity contribution in [3.63, 3.8) is 0 Å². The van der Waals surface area contributed by atoms with Crippen molar-refractivity contribution in [3.8, 4) is 0 Å². The number of nitrogens with one attached hydrogen (secondary N) is 3. The monoisotopic (exact) mass is 591 g/mol. The fraction of sp³-hybridized carbons (Fsp3) is 0.333. The quantitative estimate of drug-likeness (QED) is 0.0900. The van der Waals surface area contributed by atoms with Crippen LogP contribution in [0.2, 0.25) is 0 Å². The van der Waals surface area contributed by atoms with Gasteiger partial charge in [0.1, 0.15) is 0 Å². The topological polar surface area (TPSA) is 155 Å². The maximum atomic E-state index is 7.97. The molecule has 1 unspecified atom stereocenters. The van der Waals surface area contributed by atoms with Gasteiger partial charge in [0.2, 0.25) is 0 Å². The van der Waals surface area contributed by atoms with Crippen molar-refractivity contribution < 1.29 is 32.7 Å². The third kappa shape index (κ3) is 14.0. The molecule has 1 aliphatic heterocycles. The van der Waals surface area contributed by atoms with Gasteiger partial charge >= 0.3 is 0 Å². The predicted molar refractivity (Wildman–Crippen MR) is 155 cm³/mol. The predicted octanol–water partition coefficient (Wildman–Crippen LogP) is 3.65. The fourth-order valence-electron chi connectivity index (χ4n) is 3.68. The van der Waals surface area contributed by atoms with Crippen molar-refractivity contribution in [3.05, 3.63) is 108 Å². The number of likely N-dealkylation sites (N-methyl/N-ethyl adjacent to an activating group) is 1. The molecule has 0 spiro atoms. The first-order valence-corrected chi connectivity index (χ1v) is 11.8. The van der Waals surface area contributed by atoms with Gasteiger partial charge in [0.05, 0.1) is 12.2 Å². The Balaban J connectivity index is 0. The van der Waals surface area contributed by atoms with E-state index in [-0.39, 0.29) is 68.3 Å². The second-order valence-electron chi connectivity index (χ2n) is 8.28. The Morgan fingerprint density at radius 2 is 1.76 bits per heavy atom. The van der Waals surface area contributed by atoms with Crippen molar-refractivity contribution in [1.82, 2.24) is 15.6 Å². The van der Waals surface area contributed by atoms with Crippen LogP contribution in [0.4, 0.5) is 5.69 Å². The maximum absolute atomic E-state index is 7.97. The molecule has 2 aromatic rings. The third-order valence-corrected chi connectivity index (χ3v) is 5.61. The number of allylic oxidation sites excluding steroid dienone is 1. The number of nitrogens with zero attached hydrogens (tertiary/aromatic N) is 1. The second kappa shape index (κ2) is 21.7. The van der Waals surface area contributed by atoms with Gasteiger partial charge in [-0.05, 0) is 49.5 Å². The van der Waals surface area contributed by atoms with E-state index >= 15 is 0 Å². The Labute approximate surface area is 270 Å². The standard InChI is InChI=1S/C21H28N5.C4H8.C2H7N3.Na.Y/c1-14(19-7-4-12-26(19)2)25-20(17-5-3-6-18(22)13-17)15-8-10-16(11-9-15)21(23)24;1-3-4-2;3-1-2-5-4;;/h3,5-6,8-11,13,19-22,25H,1,4,7,12,23-24H2,2H3;3H,1,4H2,2H3;1-2,5H,3-4H2;;/q-1;;;;/b;;2-1-;;/t19?,20-;;;;/m1..../s1. The number of nitrogens with two attached hydrogens (primary N) is 4. The van der Waals surface area contributed by atoms with Crippen molar-refractivity contribution >= 4 is 35.2 Å². The normalized spacial score (nSPS) is 15.1. The molecular formula is C27H43N8NaY-.